The lowest BCUT2D eigenvalue weighted by atomic mass is 10.3. The quantitative estimate of drug-likeness (QED) is 0.651. The molecule has 0 atom stereocenters. The summed E-state index contributed by atoms with van der Waals surface area (Å²) in [6, 6.07) is 0. The van der Waals surface area contributed by atoms with Crippen molar-refractivity contribution in [2.45, 2.75) is 6.42 Å². The number of nitrogens with zero attached hydrogens (tertiary/aromatic N) is 2. The Balaban J connectivity index is 1.51. The Kier molecular flexibility index (Phi) is 4.86. The van der Waals surface area contributed by atoms with Gasteiger partial charge in [0.1, 0.15) is 0 Å². The topological polar surface area (TPSA) is 24.9 Å². The van der Waals surface area contributed by atoms with E-state index < -0.39 is 0 Å². The highest BCUT2D eigenvalue weighted by atomic mass is 16.7. The Bertz CT molecular complexity index is 247. The molecular formula is C12H20N2O2. The van der Waals surface area contributed by atoms with Gasteiger partial charge in [-0.15, -0.1) is 0 Å². The maximum absolute atomic E-state index is 5.61. The first-order valence-electron chi connectivity index (χ1n) is 5.98. The van der Waals surface area contributed by atoms with Gasteiger partial charge in [-0.1, -0.05) is 12.2 Å². The summed E-state index contributed by atoms with van der Waals surface area (Å²) in [5.74, 6) is 0. The van der Waals surface area contributed by atoms with Gasteiger partial charge in [0.05, 0.1) is 26.4 Å². The Morgan fingerprint density at radius 3 is 2.81 bits per heavy atom. The summed E-state index contributed by atoms with van der Waals surface area (Å²) in [6.07, 6.45) is 9.16. The smallest absolute Gasteiger partial charge is 0.0760 e. The van der Waals surface area contributed by atoms with Gasteiger partial charge in [0.25, 0.3) is 0 Å². The van der Waals surface area contributed by atoms with E-state index in [0.717, 1.165) is 52.4 Å². The summed E-state index contributed by atoms with van der Waals surface area (Å²) in [5.41, 5.74) is 0. The molecule has 1 fully saturated rings. The summed E-state index contributed by atoms with van der Waals surface area (Å²) in [6.45, 7) is 6.63. The van der Waals surface area contributed by atoms with Gasteiger partial charge in [-0.2, -0.15) is 0 Å². The van der Waals surface area contributed by atoms with Crippen molar-refractivity contribution in [1.29, 1.82) is 0 Å². The number of ether oxygens (including phenoxy) is 1. The van der Waals surface area contributed by atoms with Crippen molar-refractivity contribution >= 4 is 0 Å². The summed E-state index contributed by atoms with van der Waals surface area (Å²) >= 11 is 0. The fourth-order valence-corrected chi connectivity index (χ4v) is 1.84. The molecule has 0 radical (unpaired) electrons. The molecule has 90 valence electrons. The van der Waals surface area contributed by atoms with E-state index >= 15 is 0 Å². The number of hydroxylamine groups is 2. The van der Waals surface area contributed by atoms with Crippen molar-refractivity contribution in [2.24, 2.45) is 0 Å². The zero-order chi connectivity index (χ0) is 11.1. The molecule has 16 heavy (non-hydrogen) atoms. The third-order valence-electron chi connectivity index (χ3n) is 2.76. The highest BCUT2D eigenvalue weighted by Crippen LogP contribution is 2.02. The van der Waals surface area contributed by atoms with Gasteiger partial charge in [0.2, 0.25) is 0 Å². The van der Waals surface area contributed by atoms with Crippen LogP contribution in [0.15, 0.2) is 24.4 Å². The SMILES string of the molecule is C1=CCN(OCCCN2CCOCC2)C=C1. The normalized spacial score (nSPS) is 21.6. The van der Waals surface area contributed by atoms with Crippen LogP contribution in [0.1, 0.15) is 6.42 Å². The predicted octanol–water partition coefficient (Wildman–Crippen LogP) is 1.03. The number of hydrogen-bond donors (Lipinski definition) is 0. The van der Waals surface area contributed by atoms with Crippen LogP contribution in [-0.4, -0.2) is 56.0 Å². The molecule has 0 aromatic carbocycles. The van der Waals surface area contributed by atoms with Crippen LogP contribution < -0.4 is 0 Å². The summed E-state index contributed by atoms with van der Waals surface area (Å²) in [5, 5.41) is 1.87. The van der Waals surface area contributed by atoms with E-state index in [9.17, 15) is 0 Å². The molecule has 0 amide bonds. The minimum atomic E-state index is 0.787. The van der Waals surface area contributed by atoms with Crippen molar-refractivity contribution in [3.63, 3.8) is 0 Å². The fraction of sp³-hybridized carbons (Fsp3) is 0.667. The van der Waals surface area contributed by atoms with Gasteiger partial charge >= 0.3 is 0 Å². The second-order valence-corrected chi connectivity index (χ2v) is 4.01. The third kappa shape index (κ3) is 3.96. The highest BCUT2D eigenvalue weighted by molar-refractivity contribution is 5.06. The molecule has 0 aromatic heterocycles. The van der Waals surface area contributed by atoms with E-state index in [1.807, 2.05) is 23.4 Å². The van der Waals surface area contributed by atoms with Crippen LogP contribution in [0.25, 0.3) is 0 Å². The standard InChI is InChI=1S/C12H20N2O2/c1-2-6-14(7-3-1)16-10-4-5-13-8-11-15-12-9-13/h1-3,6H,4-5,7-12H2. The van der Waals surface area contributed by atoms with Gasteiger partial charge < -0.3 is 4.74 Å². The van der Waals surface area contributed by atoms with Crippen molar-refractivity contribution in [1.82, 2.24) is 9.96 Å². The molecule has 0 aromatic rings. The van der Waals surface area contributed by atoms with Gasteiger partial charge in [0, 0.05) is 25.8 Å². The van der Waals surface area contributed by atoms with Crippen molar-refractivity contribution in [3.8, 4) is 0 Å². The molecule has 0 unspecified atom stereocenters. The molecular weight excluding hydrogens is 204 g/mol. The van der Waals surface area contributed by atoms with E-state index in [2.05, 4.69) is 11.0 Å². The van der Waals surface area contributed by atoms with Crippen LogP contribution in [0.5, 0.6) is 0 Å². The molecule has 0 spiro atoms. The van der Waals surface area contributed by atoms with Crippen molar-refractivity contribution < 1.29 is 9.57 Å². The molecule has 1 saturated heterocycles. The summed E-state index contributed by atoms with van der Waals surface area (Å²) < 4.78 is 5.30. The predicted molar refractivity (Wildman–Crippen MR) is 62.8 cm³/mol. The minimum Gasteiger partial charge on any atom is -0.379 e. The van der Waals surface area contributed by atoms with Crippen LogP contribution in [0, 0.1) is 0 Å². The van der Waals surface area contributed by atoms with Crippen molar-refractivity contribution in [2.75, 3.05) is 46.0 Å². The molecule has 0 N–H and O–H groups in total. The monoisotopic (exact) mass is 224 g/mol. The first-order chi connectivity index (χ1) is 7.95. The van der Waals surface area contributed by atoms with Crippen molar-refractivity contribution in [3.05, 3.63) is 24.4 Å². The number of hydrogen-bond acceptors (Lipinski definition) is 4. The van der Waals surface area contributed by atoms with E-state index in [0.29, 0.717) is 0 Å². The van der Waals surface area contributed by atoms with Crippen LogP contribution in [0.4, 0.5) is 0 Å². The molecule has 4 heteroatoms. The molecule has 2 rings (SSSR count). The second kappa shape index (κ2) is 6.68. The average Bonchev–Trinajstić information content (AvgIpc) is 2.37. The largest absolute Gasteiger partial charge is 0.379 e. The number of allylic oxidation sites excluding steroid dienone is 2. The van der Waals surface area contributed by atoms with E-state index in [4.69, 9.17) is 9.57 Å². The lowest BCUT2D eigenvalue weighted by Crippen LogP contribution is -2.37. The Hall–Kier alpha value is -0.840. The molecule has 2 aliphatic rings. The number of rotatable bonds is 5. The third-order valence-corrected chi connectivity index (χ3v) is 2.76. The van der Waals surface area contributed by atoms with Gasteiger partial charge in [-0.05, 0) is 12.5 Å². The van der Waals surface area contributed by atoms with Crippen LogP contribution in [0.2, 0.25) is 0 Å². The molecule has 0 bridgehead atoms. The van der Waals surface area contributed by atoms with Crippen LogP contribution in [-0.2, 0) is 9.57 Å². The highest BCUT2D eigenvalue weighted by Gasteiger charge is 2.09. The first-order valence-corrected chi connectivity index (χ1v) is 5.98. The van der Waals surface area contributed by atoms with E-state index in [1.54, 1.807) is 0 Å². The fourth-order valence-electron chi connectivity index (χ4n) is 1.84. The lowest BCUT2D eigenvalue weighted by molar-refractivity contribution is -0.115. The molecule has 0 saturated carbocycles. The first kappa shape index (κ1) is 11.6. The molecule has 2 aliphatic heterocycles. The summed E-state index contributed by atoms with van der Waals surface area (Å²) in [4.78, 5) is 8.04. The number of morpholine rings is 1. The maximum Gasteiger partial charge on any atom is 0.0760 e. The zero-order valence-electron chi connectivity index (χ0n) is 9.68. The minimum absolute atomic E-state index is 0.787. The Morgan fingerprint density at radius 1 is 1.19 bits per heavy atom. The van der Waals surface area contributed by atoms with E-state index in [1.165, 1.54) is 0 Å². The van der Waals surface area contributed by atoms with Crippen LogP contribution in [0.3, 0.4) is 0 Å². The average molecular weight is 224 g/mol. The van der Waals surface area contributed by atoms with Crippen LogP contribution >= 0.6 is 0 Å². The van der Waals surface area contributed by atoms with E-state index in [-0.39, 0.29) is 0 Å². The second-order valence-electron chi connectivity index (χ2n) is 4.01. The Labute approximate surface area is 97.1 Å². The molecule has 2 heterocycles. The van der Waals surface area contributed by atoms with Gasteiger partial charge in [-0.3, -0.25) is 14.8 Å². The Morgan fingerprint density at radius 2 is 2.06 bits per heavy atom. The lowest BCUT2D eigenvalue weighted by Gasteiger charge is -2.27. The summed E-state index contributed by atoms with van der Waals surface area (Å²) in [7, 11) is 0. The van der Waals surface area contributed by atoms with Gasteiger partial charge in [0.15, 0.2) is 0 Å². The molecule has 4 nitrogen and oxygen atoms in total. The van der Waals surface area contributed by atoms with Gasteiger partial charge in [-0.25, -0.2) is 0 Å². The zero-order valence-corrected chi connectivity index (χ0v) is 9.68. The maximum atomic E-state index is 5.61. The molecule has 0 aliphatic carbocycles.